The van der Waals surface area contributed by atoms with Crippen LogP contribution in [0.4, 0.5) is 0 Å². The second kappa shape index (κ2) is 32.3. The topological polar surface area (TPSA) is 168 Å². The van der Waals surface area contributed by atoms with Gasteiger partial charge in [-0.1, -0.05) is 64.2 Å². The molecule has 0 saturated heterocycles. The summed E-state index contributed by atoms with van der Waals surface area (Å²) < 4.78 is 24.8. The van der Waals surface area contributed by atoms with Gasteiger partial charge in [-0.05, 0) is 48.9 Å². The maximum Gasteiger partial charge on any atom is 1.00 e. The van der Waals surface area contributed by atoms with Crippen LogP contribution in [0.5, 0.6) is 0 Å². The normalized spacial score (nSPS) is 9.62. The SMILES string of the molecule is CC#CC#CC#CC#CC(=O)OC[C@H](COP(=O)([O-])[O-])OC(=O)CCCCCCCCCCC.CC(N)=O.[HH].[HH].[HH].[HH].[HH].[HH].[HH].[Na+].[Na+]. The predicted molar refractivity (Wildman–Crippen MR) is 153 cm³/mol. The number of carbonyl (C=O) groups is 3. The molecule has 0 unspecified atom stereocenters. The molecule has 40 heavy (non-hydrogen) atoms. The summed E-state index contributed by atoms with van der Waals surface area (Å²) in [6.07, 6.45) is 8.56. The molecule has 0 spiro atoms. The number of carbonyl (C=O) groups excluding carboxylic acids is 3. The molecule has 0 aromatic carbocycles. The zero-order valence-corrected chi connectivity index (χ0v) is 29.2. The van der Waals surface area contributed by atoms with E-state index in [4.69, 9.17) is 9.47 Å². The standard InChI is InChI=1S/C25H33O8P.C2H5NO.2Na.7H2/c1-3-5-7-9-11-12-14-16-18-20-25(27)33-23(22-32-34(28,29)30)21-31-24(26)19-17-15-13-10-8-6-4-2;1-2(3)4;;;;;;;;;/h23H,3,5,7,9,11-12,14,16,18,20-22H2,1-2H3,(H2,28,29,30);1H3,(H2,3,4);;;7*1H/q;;2*+1;;;;;;;/p-2/t23-;;;;;;;;;;/m1........../s1. The van der Waals surface area contributed by atoms with E-state index in [0.29, 0.717) is 6.42 Å². The van der Waals surface area contributed by atoms with E-state index in [1.54, 1.807) is 6.92 Å². The van der Waals surface area contributed by atoms with Gasteiger partial charge in [0.15, 0.2) is 6.10 Å². The van der Waals surface area contributed by atoms with Crippen LogP contribution in [-0.2, 0) is 32.9 Å². The van der Waals surface area contributed by atoms with Gasteiger partial charge in [0.2, 0.25) is 5.91 Å². The Morgan fingerprint density at radius 2 is 1.32 bits per heavy atom. The minimum atomic E-state index is -5.29. The molecule has 13 heteroatoms. The molecule has 0 aromatic heterocycles. The molecule has 0 aliphatic carbocycles. The van der Waals surface area contributed by atoms with Gasteiger partial charge in [0.1, 0.15) is 6.61 Å². The van der Waals surface area contributed by atoms with E-state index in [9.17, 15) is 28.7 Å². The molecule has 2 N–H and O–H groups in total. The van der Waals surface area contributed by atoms with Gasteiger partial charge in [-0.15, -0.1) is 0 Å². The molecular weight excluding hydrogens is 559 g/mol. The first-order valence-electron chi connectivity index (χ1n) is 12.2. The van der Waals surface area contributed by atoms with E-state index >= 15 is 0 Å². The number of hydrogen-bond donors (Lipinski definition) is 1. The number of amides is 1. The van der Waals surface area contributed by atoms with Crippen molar-refractivity contribution in [3.05, 3.63) is 0 Å². The van der Waals surface area contributed by atoms with Crippen molar-refractivity contribution >= 4 is 25.7 Å². The Labute approximate surface area is 293 Å². The van der Waals surface area contributed by atoms with Crippen molar-refractivity contribution in [2.75, 3.05) is 13.2 Å². The zero-order chi connectivity index (χ0) is 29.1. The van der Waals surface area contributed by atoms with E-state index in [2.05, 4.69) is 64.5 Å². The second-order valence-corrected chi connectivity index (χ2v) is 8.92. The number of ether oxygens (including phenoxy) is 2. The van der Waals surface area contributed by atoms with Crippen LogP contribution in [-0.4, -0.2) is 37.2 Å². The molecule has 224 valence electrons. The van der Waals surface area contributed by atoms with Crippen LogP contribution in [0.2, 0.25) is 0 Å². The van der Waals surface area contributed by atoms with Crippen molar-refractivity contribution in [3.63, 3.8) is 0 Å². The van der Waals surface area contributed by atoms with Crippen LogP contribution in [0, 0.1) is 47.4 Å². The second-order valence-electron chi connectivity index (χ2n) is 7.77. The summed E-state index contributed by atoms with van der Waals surface area (Å²) in [4.78, 5) is 54.4. The van der Waals surface area contributed by atoms with E-state index in [1.807, 2.05) is 0 Å². The molecule has 10 nitrogen and oxygen atoms in total. The van der Waals surface area contributed by atoms with E-state index in [0.717, 1.165) is 19.3 Å². The smallest absolute Gasteiger partial charge is 0.790 e. The largest absolute Gasteiger partial charge is 1.00 e. The maximum atomic E-state index is 12.0. The van der Waals surface area contributed by atoms with Crippen LogP contribution in [0.25, 0.3) is 0 Å². The summed E-state index contributed by atoms with van der Waals surface area (Å²) in [6, 6.07) is 0. The fourth-order valence-corrected chi connectivity index (χ4v) is 2.94. The average molecular weight is 610 g/mol. The molecule has 0 bridgehead atoms. The molecule has 0 aliphatic rings. The van der Waals surface area contributed by atoms with E-state index in [1.165, 1.54) is 39.0 Å². The summed E-state index contributed by atoms with van der Waals surface area (Å²) in [5, 5.41) is 0. The maximum absolute atomic E-state index is 12.0. The van der Waals surface area contributed by atoms with E-state index < -0.39 is 39.1 Å². The van der Waals surface area contributed by atoms with Gasteiger partial charge in [0, 0.05) is 29.3 Å². The number of phosphoric ester groups is 1. The predicted octanol–water partition coefficient (Wildman–Crippen LogP) is -2.54. The van der Waals surface area contributed by atoms with Crippen molar-refractivity contribution in [1.82, 2.24) is 0 Å². The minimum absolute atomic E-state index is 0. The van der Waals surface area contributed by atoms with Crippen molar-refractivity contribution in [3.8, 4) is 47.4 Å². The van der Waals surface area contributed by atoms with Crippen LogP contribution in [0.1, 0.15) is 95.0 Å². The first kappa shape index (κ1) is 45.7. The fourth-order valence-electron chi connectivity index (χ4n) is 2.59. The van der Waals surface area contributed by atoms with Gasteiger partial charge in [-0.3, -0.25) is 9.59 Å². The average Bonchev–Trinajstić information content (AvgIpc) is 2.83. The number of rotatable bonds is 16. The molecule has 0 saturated carbocycles. The number of esters is 2. The molecule has 1 amide bonds. The first-order chi connectivity index (χ1) is 18.0. The molecule has 0 heterocycles. The Hall–Kier alpha value is -1.24. The van der Waals surface area contributed by atoms with Crippen molar-refractivity contribution < 1.29 is 112 Å². The van der Waals surface area contributed by atoms with Gasteiger partial charge in [0.05, 0.1) is 14.4 Å². The Morgan fingerprint density at radius 3 is 1.82 bits per heavy atom. The summed E-state index contributed by atoms with van der Waals surface area (Å²) in [5.41, 5.74) is 4.47. The zero-order valence-electron chi connectivity index (χ0n) is 24.3. The Balaban J connectivity index is -0.000000104. The molecular formula is C27H50NNa2O9P. The van der Waals surface area contributed by atoms with Gasteiger partial charge in [0.25, 0.3) is 0 Å². The van der Waals surface area contributed by atoms with Gasteiger partial charge >= 0.3 is 71.1 Å². The quantitative estimate of drug-likeness (QED) is 0.0495. The third-order valence-electron chi connectivity index (χ3n) is 4.20. The Kier molecular flexibility index (Phi) is 36.9. The monoisotopic (exact) mass is 609 g/mol. The molecule has 1 atom stereocenters. The molecule has 0 fully saturated rings. The van der Waals surface area contributed by atoms with E-state index in [-0.39, 0.29) is 81.4 Å². The van der Waals surface area contributed by atoms with Gasteiger partial charge in [-0.25, -0.2) is 4.79 Å². The number of nitrogens with two attached hydrogens (primary N) is 1. The minimum Gasteiger partial charge on any atom is -0.790 e. The summed E-state index contributed by atoms with van der Waals surface area (Å²) in [5.74, 6) is 16.9. The molecule has 0 radical (unpaired) electrons. The van der Waals surface area contributed by atoms with Crippen LogP contribution < -0.4 is 74.6 Å². The molecule has 0 rings (SSSR count). The van der Waals surface area contributed by atoms with Crippen LogP contribution in [0.3, 0.4) is 0 Å². The van der Waals surface area contributed by atoms with Crippen molar-refractivity contribution in [2.45, 2.75) is 91.1 Å². The summed E-state index contributed by atoms with van der Waals surface area (Å²) in [7, 11) is -5.29. The number of unbranched alkanes of at least 4 members (excludes halogenated alkanes) is 8. The number of hydrogen-bond acceptors (Lipinski definition) is 9. The summed E-state index contributed by atoms with van der Waals surface area (Å²) >= 11 is 0. The summed E-state index contributed by atoms with van der Waals surface area (Å²) in [6.45, 7) is 3.81. The van der Waals surface area contributed by atoms with Gasteiger partial charge in [-0.2, -0.15) is 0 Å². The third kappa shape index (κ3) is 41.2. The van der Waals surface area contributed by atoms with Crippen LogP contribution in [0.15, 0.2) is 0 Å². The third-order valence-corrected chi connectivity index (χ3v) is 4.67. The first-order valence-corrected chi connectivity index (χ1v) is 13.7. The van der Waals surface area contributed by atoms with Crippen LogP contribution >= 0.6 is 7.82 Å². The van der Waals surface area contributed by atoms with Crippen molar-refractivity contribution in [2.24, 2.45) is 5.73 Å². The number of phosphoric acid groups is 1. The van der Waals surface area contributed by atoms with Gasteiger partial charge < -0.3 is 34.1 Å². The molecule has 0 aliphatic heterocycles. The van der Waals surface area contributed by atoms with Crippen molar-refractivity contribution in [1.29, 1.82) is 0 Å². The Bertz CT molecular complexity index is 1040. The Morgan fingerprint density at radius 1 is 0.850 bits per heavy atom. The molecule has 0 aromatic rings. The fraction of sp³-hybridized carbons (Fsp3) is 0.593. The number of primary amides is 1.